The molecule has 0 saturated carbocycles. The summed E-state index contributed by atoms with van der Waals surface area (Å²) in [5, 5.41) is 13.3. The van der Waals surface area contributed by atoms with Crippen molar-refractivity contribution in [2.24, 2.45) is 5.92 Å². The van der Waals surface area contributed by atoms with Crippen molar-refractivity contribution in [3.05, 3.63) is 29.8 Å². The van der Waals surface area contributed by atoms with Gasteiger partial charge in [-0.1, -0.05) is 0 Å². The molecule has 0 fully saturated rings. The number of nitrogens with one attached hydrogen (secondary N) is 2. The minimum absolute atomic E-state index is 0.170. The molecule has 0 heterocycles. The van der Waals surface area contributed by atoms with Crippen molar-refractivity contribution < 1.29 is 18.0 Å². The maximum atomic E-state index is 12.3. The Balaban J connectivity index is 2.54. The van der Waals surface area contributed by atoms with Crippen molar-refractivity contribution >= 4 is 11.7 Å². The Morgan fingerprint density at radius 1 is 1.37 bits per heavy atom. The van der Waals surface area contributed by atoms with E-state index >= 15 is 0 Å². The molecule has 1 rings (SSSR count). The molecular formula is C12H12F3N3O. The largest absolute Gasteiger partial charge is 0.416 e. The lowest BCUT2D eigenvalue weighted by Crippen LogP contribution is -2.32. The Hall–Kier alpha value is -2.23. The van der Waals surface area contributed by atoms with Gasteiger partial charge in [0.1, 0.15) is 0 Å². The molecule has 7 heteroatoms. The van der Waals surface area contributed by atoms with Crippen molar-refractivity contribution in [3.63, 3.8) is 0 Å². The van der Waals surface area contributed by atoms with Gasteiger partial charge in [-0.15, -0.1) is 0 Å². The van der Waals surface area contributed by atoms with E-state index in [-0.39, 0.29) is 18.2 Å². The highest BCUT2D eigenvalue weighted by molar-refractivity contribution is 5.89. The summed E-state index contributed by atoms with van der Waals surface area (Å²) in [5.41, 5.74) is -0.535. The molecule has 0 aliphatic rings. The Labute approximate surface area is 108 Å². The Morgan fingerprint density at radius 2 is 1.95 bits per heavy atom. The van der Waals surface area contributed by atoms with Gasteiger partial charge < -0.3 is 10.6 Å². The summed E-state index contributed by atoms with van der Waals surface area (Å²) in [6.45, 7) is 1.81. The molecule has 1 aromatic rings. The van der Waals surface area contributed by atoms with Crippen LogP contribution in [0, 0.1) is 17.2 Å². The van der Waals surface area contributed by atoms with Crippen molar-refractivity contribution in [2.45, 2.75) is 13.1 Å². The predicted octanol–water partition coefficient (Wildman–Crippen LogP) is 2.99. The number of hydrogen-bond acceptors (Lipinski definition) is 2. The van der Waals surface area contributed by atoms with Gasteiger partial charge in [0, 0.05) is 12.2 Å². The number of carbonyl (C=O) groups is 1. The van der Waals surface area contributed by atoms with Crippen LogP contribution in [0.5, 0.6) is 0 Å². The van der Waals surface area contributed by atoms with Crippen molar-refractivity contribution in [1.82, 2.24) is 5.32 Å². The first-order chi connectivity index (χ1) is 8.82. The Bertz CT molecular complexity index is 476. The minimum Gasteiger partial charge on any atom is -0.337 e. The number of rotatable bonds is 3. The maximum Gasteiger partial charge on any atom is 0.416 e. The normalized spacial score (nSPS) is 12.4. The van der Waals surface area contributed by atoms with Crippen LogP contribution in [0.25, 0.3) is 0 Å². The lowest BCUT2D eigenvalue weighted by Gasteiger charge is -2.10. The summed E-state index contributed by atoms with van der Waals surface area (Å²) in [6.07, 6.45) is -4.40. The zero-order valence-electron chi connectivity index (χ0n) is 10.1. The smallest absolute Gasteiger partial charge is 0.337 e. The highest BCUT2D eigenvalue weighted by Gasteiger charge is 2.29. The summed E-state index contributed by atoms with van der Waals surface area (Å²) >= 11 is 0. The van der Waals surface area contributed by atoms with Gasteiger partial charge in [0.05, 0.1) is 17.6 Å². The average molecular weight is 271 g/mol. The fraction of sp³-hybridized carbons (Fsp3) is 0.333. The van der Waals surface area contributed by atoms with Gasteiger partial charge in [-0.05, 0) is 31.2 Å². The fourth-order valence-corrected chi connectivity index (χ4v) is 1.21. The topological polar surface area (TPSA) is 64.9 Å². The summed E-state index contributed by atoms with van der Waals surface area (Å²) in [6, 6.07) is 5.46. The lowest BCUT2D eigenvalue weighted by atomic mass is 10.2. The van der Waals surface area contributed by atoms with Crippen molar-refractivity contribution in [3.8, 4) is 6.07 Å². The number of carbonyl (C=O) groups excluding carboxylic acids is 1. The molecule has 1 atom stereocenters. The lowest BCUT2D eigenvalue weighted by molar-refractivity contribution is -0.137. The molecule has 102 valence electrons. The molecule has 0 spiro atoms. The molecular weight excluding hydrogens is 259 g/mol. The van der Waals surface area contributed by atoms with Crippen LogP contribution in [-0.4, -0.2) is 12.6 Å². The second-order valence-electron chi connectivity index (χ2n) is 3.94. The molecule has 0 bridgehead atoms. The van der Waals surface area contributed by atoms with Crippen LogP contribution in [0.1, 0.15) is 12.5 Å². The molecule has 2 N–H and O–H groups in total. The van der Waals surface area contributed by atoms with Gasteiger partial charge in [0.15, 0.2) is 0 Å². The summed E-state index contributed by atoms with van der Waals surface area (Å²) in [7, 11) is 0. The number of nitriles is 1. The van der Waals surface area contributed by atoms with Gasteiger partial charge in [-0.25, -0.2) is 4.79 Å². The zero-order chi connectivity index (χ0) is 14.5. The third kappa shape index (κ3) is 4.87. The number of halogens is 3. The number of anilines is 1. The van der Waals surface area contributed by atoms with E-state index in [1.165, 1.54) is 0 Å². The predicted molar refractivity (Wildman–Crippen MR) is 63.2 cm³/mol. The second kappa shape index (κ2) is 6.09. The summed E-state index contributed by atoms with van der Waals surface area (Å²) < 4.78 is 36.9. The van der Waals surface area contributed by atoms with Crippen molar-refractivity contribution in [1.29, 1.82) is 5.26 Å². The highest BCUT2D eigenvalue weighted by atomic mass is 19.4. The van der Waals surface area contributed by atoms with Crippen LogP contribution >= 0.6 is 0 Å². The molecule has 1 unspecified atom stereocenters. The van der Waals surface area contributed by atoms with E-state index in [1.54, 1.807) is 6.92 Å². The van der Waals surface area contributed by atoms with E-state index in [1.807, 2.05) is 6.07 Å². The van der Waals surface area contributed by atoms with Crippen LogP contribution in [0.15, 0.2) is 24.3 Å². The van der Waals surface area contributed by atoms with Gasteiger partial charge >= 0.3 is 12.2 Å². The van der Waals surface area contributed by atoms with Crippen LogP contribution in [0.2, 0.25) is 0 Å². The Morgan fingerprint density at radius 3 is 2.42 bits per heavy atom. The molecule has 0 radical (unpaired) electrons. The van der Waals surface area contributed by atoms with E-state index in [4.69, 9.17) is 5.26 Å². The first-order valence-corrected chi connectivity index (χ1v) is 5.44. The van der Waals surface area contributed by atoms with E-state index in [0.717, 1.165) is 24.3 Å². The maximum absolute atomic E-state index is 12.3. The second-order valence-corrected chi connectivity index (χ2v) is 3.94. The van der Waals surface area contributed by atoms with E-state index in [9.17, 15) is 18.0 Å². The average Bonchev–Trinajstić information content (AvgIpc) is 2.35. The number of benzene rings is 1. The third-order valence-corrected chi connectivity index (χ3v) is 2.26. The first kappa shape index (κ1) is 14.8. The van der Waals surface area contributed by atoms with E-state index in [0.29, 0.717) is 0 Å². The van der Waals surface area contributed by atoms with Crippen LogP contribution < -0.4 is 10.6 Å². The number of alkyl halides is 3. The Kier molecular flexibility index (Phi) is 4.75. The summed E-state index contributed by atoms with van der Waals surface area (Å²) in [4.78, 5) is 11.4. The number of urea groups is 1. The van der Waals surface area contributed by atoms with Crippen LogP contribution in [-0.2, 0) is 6.18 Å². The van der Waals surface area contributed by atoms with Gasteiger partial charge in [-0.3, -0.25) is 0 Å². The highest BCUT2D eigenvalue weighted by Crippen LogP contribution is 2.29. The summed E-state index contributed by atoms with van der Waals surface area (Å²) in [5.74, 6) is -0.335. The quantitative estimate of drug-likeness (QED) is 0.887. The van der Waals surface area contributed by atoms with Gasteiger partial charge in [0.2, 0.25) is 0 Å². The van der Waals surface area contributed by atoms with Crippen LogP contribution in [0.4, 0.5) is 23.7 Å². The third-order valence-electron chi connectivity index (χ3n) is 2.26. The number of amides is 2. The zero-order valence-corrected chi connectivity index (χ0v) is 10.1. The van der Waals surface area contributed by atoms with E-state index < -0.39 is 17.8 Å². The molecule has 0 aliphatic carbocycles. The van der Waals surface area contributed by atoms with E-state index in [2.05, 4.69) is 10.6 Å². The minimum atomic E-state index is -4.40. The number of nitrogens with zero attached hydrogens (tertiary/aromatic N) is 1. The number of hydrogen-bond donors (Lipinski definition) is 2. The molecule has 0 saturated heterocycles. The molecule has 19 heavy (non-hydrogen) atoms. The standard InChI is InChI=1S/C12H12F3N3O/c1-8(6-16)7-17-11(19)18-10-4-2-9(3-5-10)12(13,14)15/h2-5,8H,7H2,1H3,(H2,17,18,19). The SMILES string of the molecule is CC(C#N)CNC(=O)Nc1ccc(C(F)(F)F)cc1. The molecule has 1 aromatic carbocycles. The monoisotopic (exact) mass is 271 g/mol. The fourth-order valence-electron chi connectivity index (χ4n) is 1.21. The van der Waals surface area contributed by atoms with Crippen LogP contribution in [0.3, 0.4) is 0 Å². The van der Waals surface area contributed by atoms with Crippen molar-refractivity contribution in [2.75, 3.05) is 11.9 Å². The van der Waals surface area contributed by atoms with Gasteiger partial charge in [-0.2, -0.15) is 18.4 Å². The molecule has 2 amide bonds. The van der Waals surface area contributed by atoms with Gasteiger partial charge in [0.25, 0.3) is 0 Å². The molecule has 0 aliphatic heterocycles. The molecule has 0 aromatic heterocycles. The first-order valence-electron chi connectivity index (χ1n) is 5.44. The molecule has 4 nitrogen and oxygen atoms in total.